The Morgan fingerprint density at radius 1 is 0.907 bits per heavy atom. The molecule has 3 rings (SSSR count). The summed E-state index contributed by atoms with van der Waals surface area (Å²) in [5.74, 6) is 0.268. The molecule has 0 aliphatic heterocycles. The van der Waals surface area contributed by atoms with E-state index in [1.165, 1.54) is 4.31 Å². The van der Waals surface area contributed by atoms with Gasteiger partial charge in [0.05, 0.1) is 18.6 Å². The third-order valence-electron chi connectivity index (χ3n) is 7.29. The summed E-state index contributed by atoms with van der Waals surface area (Å²) in [7, 11) is -3.60. The number of benzene rings is 3. The number of carbonyl (C=O) groups is 2. The predicted octanol–water partition coefficient (Wildman–Crippen LogP) is 5.50. The first-order chi connectivity index (χ1) is 20.6. The first kappa shape index (κ1) is 33.6. The Balaban J connectivity index is 1.86. The molecule has 1 atom stereocenters. The molecule has 43 heavy (non-hydrogen) atoms. The van der Waals surface area contributed by atoms with E-state index in [-0.39, 0.29) is 31.3 Å². The lowest BCUT2D eigenvalue weighted by atomic mass is 10.0. The fraction of sp³-hybridized carbons (Fsp3) is 0.412. The van der Waals surface area contributed by atoms with Gasteiger partial charge in [-0.05, 0) is 67.6 Å². The Morgan fingerprint density at radius 3 is 2.21 bits per heavy atom. The molecule has 0 aliphatic rings. The van der Waals surface area contributed by atoms with Crippen LogP contribution >= 0.6 is 0 Å². The highest BCUT2D eigenvalue weighted by atomic mass is 32.2. The molecule has 0 saturated carbocycles. The Bertz CT molecular complexity index is 1410. The number of amides is 2. The van der Waals surface area contributed by atoms with Crippen molar-refractivity contribution in [2.75, 3.05) is 30.3 Å². The molecule has 0 fully saturated rings. The van der Waals surface area contributed by atoms with Crippen LogP contribution in [-0.4, -0.2) is 57.1 Å². The molecular formula is C34H45N3O5S. The third kappa shape index (κ3) is 10.4. The van der Waals surface area contributed by atoms with Crippen molar-refractivity contribution in [3.8, 4) is 5.75 Å². The van der Waals surface area contributed by atoms with Crippen LogP contribution in [0.1, 0.15) is 56.2 Å². The van der Waals surface area contributed by atoms with Crippen LogP contribution in [0.15, 0.2) is 78.9 Å². The van der Waals surface area contributed by atoms with E-state index in [1.54, 1.807) is 29.2 Å². The van der Waals surface area contributed by atoms with Crippen LogP contribution in [0, 0.1) is 6.92 Å². The Kier molecular flexibility index (Phi) is 13.1. The van der Waals surface area contributed by atoms with Crippen LogP contribution in [-0.2, 0) is 32.6 Å². The molecular weight excluding hydrogens is 562 g/mol. The van der Waals surface area contributed by atoms with Gasteiger partial charge in [0.2, 0.25) is 21.8 Å². The van der Waals surface area contributed by atoms with Gasteiger partial charge in [0, 0.05) is 32.5 Å². The lowest BCUT2D eigenvalue weighted by Crippen LogP contribution is -2.50. The minimum Gasteiger partial charge on any atom is -0.494 e. The number of hydrogen-bond donors (Lipinski definition) is 1. The summed E-state index contributed by atoms with van der Waals surface area (Å²) in [6, 6.07) is 23.7. The van der Waals surface area contributed by atoms with Gasteiger partial charge in [-0.25, -0.2) is 8.42 Å². The number of hydrogen-bond acceptors (Lipinski definition) is 5. The molecule has 0 spiro atoms. The van der Waals surface area contributed by atoms with Gasteiger partial charge in [-0.2, -0.15) is 0 Å². The van der Waals surface area contributed by atoms with Gasteiger partial charge in [-0.15, -0.1) is 0 Å². The zero-order valence-corrected chi connectivity index (χ0v) is 26.6. The van der Waals surface area contributed by atoms with E-state index in [9.17, 15) is 18.0 Å². The normalized spacial score (nSPS) is 11.9. The summed E-state index contributed by atoms with van der Waals surface area (Å²) in [6.07, 6.45) is 3.70. The van der Waals surface area contributed by atoms with E-state index in [4.69, 9.17) is 4.74 Å². The monoisotopic (exact) mass is 607 g/mol. The zero-order chi connectivity index (χ0) is 31.2. The number of ether oxygens (including phenoxy) is 1. The minimum absolute atomic E-state index is 0.0858. The number of aryl methyl sites for hydroxylation is 1. The summed E-state index contributed by atoms with van der Waals surface area (Å²) in [4.78, 5) is 29.2. The maximum absolute atomic E-state index is 14.0. The molecule has 1 N–H and O–H groups in total. The van der Waals surface area contributed by atoms with Crippen molar-refractivity contribution in [1.82, 2.24) is 10.2 Å². The molecule has 0 aromatic heterocycles. The summed E-state index contributed by atoms with van der Waals surface area (Å²) in [5, 5.41) is 3.04. The van der Waals surface area contributed by atoms with E-state index in [0.717, 1.165) is 35.8 Å². The molecule has 0 saturated heterocycles. The standard InChI is InChI=1S/C34H45N3O5S/c1-5-7-23-35-34(39)32(25-28-15-9-8-10-16-28)36(26-29-17-12-11-14-27(29)3)33(38)18-13-24-37(43(4,40)41)30-19-21-31(22-20-30)42-6-2/h8-12,14-17,19-22,32H,5-7,13,18,23-26H2,1-4H3,(H,35,39)/t32-/m0/s1. The van der Waals surface area contributed by atoms with Crippen LogP contribution in [0.5, 0.6) is 5.75 Å². The van der Waals surface area contributed by atoms with Crippen LogP contribution in [0.2, 0.25) is 0 Å². The minimum atomic E-state index is -3.60. The average molecular weight is 608 g/mol. The first-order valence-corrected chi connectivity index (χ1v) is 16.8. The lowest BCUT2D eigenvalue weighted by Gasteiger charge is -2.32. The molecule has 0 aliphatic carbocycles. The van der Waals surface area contributed by atoms with Crippen LogP contribution in [0.4, 0.5) is 5.69 Å². The number of unbranched alkanes of at least 4 members (excludes halogenated alkanes) is 1. The second-order valence-corrected chi connectivity index (χ2v) is 12.6. The predicted molar refractivity (Wildman–Crippen MR) is 173 cm³/mol. The van der Waals surface area contributed by atoms with Crippen molar-refractivity contribution in [1.29, 1.82) is 0 Å². The maximum atomic E-state index is 14.0. The van der Waals surface area contributed by atoms with Crippen LogP contribution in [0.25, 0.3) is 0 Å². The number of sulfonamides is 1. The van der Waals surface area contributed by atoms with Crippen molar-refractivity contribution in [3.63, 3.8) is 0 Å². The summed E-state index contributed by atoms with van der Waals surface area (Å²) in [5.41, 5.74) is 3.46. The van der Waals surface area contributed by atoms with Crippen molar-refractivity contribution in [3.05, 3.63) is 95.6 Å². The second-order valence-electron chi connectivity index (χ2n) is 10.7. The zero-order valence-electron chi connectivity index (χ0n) is 25.8. The lowest BCUT2D eigenvalue weighted by molar-refractivity contribution is -0.141. The second kappa shape index (κ2) is 16.7. The summed E-state index contributed by atoms with van der Waals surface area (Å²) < 4.78 is 32.2. The summed E-state index contributed by atoms with van der Waals surface area (Å²) >= 11 is 0. The SMILES string of the molecule is CCCCNC(=O)[C@H](Cc1ccccc1)N(Cc1ccccc1C)C(=O)CCCN(c1ccc(OCC)cc1)S(C)(=O)=O. The molecule has 8 nitrogen and oxygen atoms in total. The molecule has 9 heteroatoms. The fourth-order valence-corrected chi connectivity index (χ4v) is 5.88. The number of carbonyl (C=O) groups excluding carboxylic acids is 2. The van der Waals surface area contributed by atoms with Gasteiger partial charge in [0.25, 0.3) is 0 Å². The van der Waals surface area contributed by atoms with E-state index in [0.29, 0.717) is 37.4 Å². The van der Waals surface area contributed by atoms with E-state index >= 15 is 0 Å². The maximum Gasteiger partial charge on any atom is 0.243 e. The topological polar surface area (TPSA) is 96.0 Å². The number of rotatable bonds is 17. The van der Waals surface area contributed by atoms with Crippen LogP contribution in [0.3, 0.4) is 0 Å². The van der Waals surface area contributed by atoms with Crippen molar-refractivity contribution in [2.45, 2.75) is 65.5 Å². The highest BCUT2D eigenvalue weighted by Crippen LogP contribution is 2.23. The quantitative estimate of drug-likeness (QED) is 0.205. The fourth-order valence-electron chi connectivity index (χ4n) is 4.91. The van der Waals surface area contributed by atoms with Gasteiger partial charge in [-0.1, -0.05) is 67.9 Å². The van der Waals surface area contributed by atoms with Gasteiger partial charge in [0.1, 0.15) is 11.8 Å². The summed E-state index contributed by atoms with van der Waals surface area (Å²) in [6.45, 7) is 7.40. The van der Waals surface area contributed by atoms with E-state index < -0.39 is 16.1 Å². The van der Waals surface area contributed by atoms with Crippen molar-refractivity contribution < 1.29 is 22.7 Å². The molecule has 3 aromatic rings. The Morgan fingerprint density at radius 2 is 1.58 bits per heavy atom. The molecule has 232 valence electrons. The van der Waals surface area contributed by atoms with Gasteiger partial charge in [-0.3, -0.25) is 13.9 Å². The van der Waals surface area contributed by atoms with Gasteiger partial charge in [0.15, 0.2) is 0 Å². The van der Waals surface area contributed by atoms with Crippen molar-refractivity contribution >= 4 is 27.5 Å². The smallest absolute Gasteiger partial charge is 0.243 e. The van der Waals surface area contributed by atoms with E-state index in [2.05, 4.69) is 12.2 Å². The molecule has 0 bridgehead atoms. The third-order valence-corrected chi connectivity index (χ3v) is 8.48. The molecule has 0 radical (unpaired) electrons. The first-order valence-electron chi connectivity index (χ1n) is 15.0. The number of anilines is 1. The Hall–Kier alpha value is -3.85. The highest BCUT2D eigenvalue weighted by Gasteiger charge is 2.30. The van der Waals surface area contributed by atoms with Gasteiger partial charge < -0.3 is 15.0 Å². The largest absolute Gasteiger partial charge is 0.494 e. The molecule has 0 unspecified atom stereocenters. The average Bonchev–Trinajstić information content (AvgIpc) is 2.98. The number of nitrogens with zero attached hydrogens (tertiary/aromatic N) is 2. The number of nitrogens with one attached hydrogen (secondary N) is 1. The van der Waals surface area contributed by atoms with E-state index in [1.807, 2.05) is 68.4 Å². The van der Waals surface area contributed by atoms with Crippen LogP contribution < -0.4 is 14.4 Å². The highest BCUT2D eigenvalue weighted by molar-refractivity contribution is 7.92. The molecule has 2 amide bonds. The molecule has 0 heterocycles. The molecule has 3 aromatic carbocycles. The van der Waals surface area contributed by atoms with Crippen molar-refractivity contribution in [2.24, 2.45) is 0 Å². The van der Waals surface area contributed by atoms with Gasteiger partial charge >= 0.3 is 0 Å². The Labute approximate surface area is 257 Å².